The number of carbonyl (C=O) groups excluding carboxylic acids is 3. The number of quaternary nitrogens is 1. The van der Waals surface area contributed by atoms with E-state index in [4.69, 9.17) is 4.74 Å². The average Bonchev–Trinajstić information content (AvgIpc) is 3.78. The molecule has 12 nitrogen and oxygen atoms in total. The van der Waals surface area contributed by atoms with E-state index < -0.39 is 17.3 Å². The molecule has 2 aliphatic heterocycles. The molecule has 1 N–H and O–H groups in total. The summed E-state index contributed by atoms with van der Waals surface area (Å²) in [6, 6.07) is 12.4. The topological polar surface area (TPSA) is 115 Å². The van der Waals surface area contributed by atoms with Gasteiger partial charge in [0.05, 0.1) is 50.7 Å². The minimum atomic E-state index is -0.572. The number of rotatable bonds is 9. The van der Waals surface area contributed by atoms with Crippen LogP contribution in [0.1, 0.15) is 49.1 Å². The van der Waals surface area contributed by atoms with Gasteiger partial charge in [-0.2, -0.15) is 5.10 Å². The third-order valence-electron chi connectivity index (χ3n) is 10.00. The molecule has 0 radical (unpaired) electrons. The van der Waals surface area contributed by atoms with Crippen molar-refractivity contribution in [2.45, 2.75) is 46.3 Å². The first kappa shape index (κ1) is 37.5. The normalized spacial score (nSPS) is 17.2. The van der Waals surface area contributed by atoms with Crippen LogP contribution in [0.2, 0.25) is 0 Å². The summed E-state index contributed by atoms with van der Waals surface area (Å²) in [6.07, 6.45) is 4.37. The summed E-state index contributed by atoms with van der Waals surface area (Å²) >= 11 is 0. The summed E-state index contributed by atoms with van der Waals surface area (Å²) in [7, 11) is 6.08. The van der Waals surface area contributed by atoms with Crippen molar-refractivity contribution in [2.75, 3.05) is 58.7 Å². The number of halogens is 1. The van der Waals surface area contributed by atoms with E-state index in [1.807, 2.05) is 68.0 Å². The highest BCUT2D eigenvalue weighted by atomic mass is 19.1. The van der Waals surface area contributed by atoms with Gasteiger partial charge in [-0.3, -0.25) is 19.1 Å². The molecule has 0 bridgehead atoms. The molecule has 2 saturated heterocycles. The first-order valence-corrected chi connectivity index (χ1v) is 18.0. The van der Waals surface area contributed by atoms with Gasteiger partial charge in [-0.05, 0) is 57.0 Å². The number of nitrogens with zero attached hydrogens (tertiary/aromatic N) is 7. The molecular weight excluding hydrogens is 675 g/mol. The Morgan fingerprint density at radius 2 is 1.68 bits per heavy atom. The number of nitrogens with one attached hydrogen (secondary N) is 1. The molecule has 280 valence electrons. The highest BCUT2D eigenvalue weighted by molar-refractivity contribution is 6.02. The Morgan fingerprint density at radius 3 is 2.30 bits per heavy atom. The van der Waals surface area contributed by atoms with Gasteiger partial charge >= 0.3 is 5.97 Å². The zero-order valence-electron chi connectivity index (χ0n) is 31.8. The highest BCUT2D eigenvalue weighted by Gasteiger charge is 2.38. The van der Waals surface area contributed by atoms with Crippen LogP contribution < -0.4 is 5.32 Å². The summed E-state index contributed by atoms with van der Waals surface area (Å²) in [5, 5.41) is 7.26. The largest absolute Gasteiger partial charge is 0.459 e. The Kier molecular flexibility index (Phi) is 10.3. The average molecular weight is 726 g/mol. The second-order valence-electron chi connectivity index (χ2n) is 15.8. The van der Waals surface area contributed by atoms with Crippen molar-refractivity contribution in [3.63, 3.8) is 0 Å². The Labute approximate surface area is 310 Å². The van der Waals surface area contributed by atoms with Gasteiger partial charge < -0.3 is 28.9 Å². The quantitative estimate of drug-likeness (QED) is 0.186. The maximum absolute atomic E-state index is 15.4. The zero-order valence-corrected chi connectivity index (χ0v) is 31.8. The van der Waals surface area contributed by atoms with Crippen LogP contribution in [0.4, 0.5) is 10.1 Å². The van der Waals surface area contributed by atoms with E-state index in [2.05, 4.69) is 36.1 Å². The number of amides is 2. The van der Waals surface area contributed by atoms with Gasteiger partial charge in [-0.15, -0.1) is 0 Å². The van der Waals surface area contributed by atoms with E-state index in [0.29, 0.717) is 43.1 Å². The molecule has 1 atom stereocenters. The second kappa shape index (κ2) is 14.6. The van der Waals surface area contributed by atoms with Crippen molar-refractivity contribution in [3.05, 3.63) is 84.3 Å². The predicted molar refractivity (Wildman–Crippen MR) is 202 cm³/mol. The molecule has 53 heavy (non-hydrogen) atoms. The van der Waals surface area contributed by atoms with Gasteiger partial charge in [-0.1, -0.05) is 30.8 Å². The number of esters is 1. The summed E-state index contributed by atoms with van der Waals surface area (Å²) in [6.45, 7) is 15.8. The molecule has 2 aliphatic rings. The van der Waals surface area contributed by atoms with E-state index in [9.17, 15) is 14.4 Å². The minimum Gasteiger partial charge on any atom is -0.459 e. The Bertz CT molecular complexity index is 2030. The SMILES string of the molecule is C=C(c1ccc(NC(=O)c2ncc(-c3ccc(-c4cn(CC(=O)OC(C)(C)C)nc4C)cc3)n2C)cc1F)N1CCN(C(=O)C2CC[N+](C)(C)C2)CC1. The Balaban J connectivity index is 1.05. The molecule has 2 aromatic carbocycles. The van der Waals surface area contributed by atoms with E-state index in [-0.39, 0.29) is 30.2 Å². The Morgan fingerprint density at radius 1 is 1.02 bits per heavy atom. The summed E-state index contributed by atoms with van der Waals surface area (Å²) in [5.41, 5.74) is 4.81. The van der Waals surface area contributed by atoms with Crippen LogP contribution in [0.3, 0.4) is 0 Å². The second-order valence-corrected chi connectivity index (χ2v) is 15.8. The van der Waals surface area contributed by atoms with Crippen LogP contribution in [0.5, 0.6) is 0 Å². The first-order chi connectivity index (χ1) is 25.0. The maximum atomic E-state index is 15.4. The molecule has 4 aromatic rings. The molecule has 0 spiro atoms. The van der Waals surface area contributed by atoms with Gasteiger partial charge in [0, 0.05) is 68.4 Å². The number of hydrogen-bond donors (Lipinski definition) is 1. The van der Waals surface area contributed by atoms with Crippen molar-refractivity contribution in [2.24, 2.45) is 13.0 Å². The van der Waals surface area contributed by atoms with Gasteiger partial charge in [0.25, 0.3) is 5.91 Å². The molecule has 2 aromatic heterocycles. The fourth-order valence-electron chi connectivity index (χ4n) is 7.22. The van der Waals surface area contributed by atoms with Crippen molar-refractivity contribution in [1.29, 1.82) is 0 Å². The lowest BCUT2D eigenvalue weighted by atomic mass is 10.0. The van der Waals surface area contributed by atoms with Gasteiger partial charge in [-0.25, -0.2) is 9.37 Å². The lowest BCUT2D eigenvalue weighted by Gasteiger charge is -2.38. The van der Waals surface area contributed by atoms with Crippen LogP contribution in [-0.4, -0.2) is 110 Å². The monoisotopic (exact) mass is 725 g/mol. The zero-order chi connectivity index (χ0) is 38.2. The van der Waals surface area contributed by atoms with Gasteiger partial charge in [0.1, 0.15) is 18.0 Å². The van der Waals surface area contributed by atoms with E-state index in [1.165, 1.54) is 6.07 Å². The van der Waals surface area contributed by atoms with Crippen LogP contribution in [0.25, 0.3) is 28.1 Å². The van der Waals surface area contributed by atoms with Crippen molar-refractivity contribution in [1.82, 2.24) is 29.1 Å². The number of imidazole rings is 1. The molecule has 4 heterocycles. The van der Waals surface area contributed by atoms with E-state index in [1.54, 1.807) is 34.6 Å². The highest BCUT2D eigenvalue weighted by Crippen LogP contribution is 2.29. The molecular formula is C40H50FN8O4+. The summed E-state index contributed by atoms with van der Waals surface area (Å²) < 4.78 is 25.0. The van der Waals surface area contributed by atoms with Crippen LogP contribution in [-0.2, 0) is 27.9 Å². The third-order valence-corrected chi connectivity index (χ3v) is 10.00. The van der Waals surface area contributed by atoms with Crippen LogP contribution >= 0.6 is 0 Å². The predicted octanol–water partition coefficient (Wildman–Crippen LogP) is 5.20. The van der Waals surface area contributed by atoms with Crippen molar-refractivity contribution in [3.8, 4) is 22.4 Å². The summed E-state index contributed by atoms with van der Waals surface area (Å²) in [4.78, 5) is 47.0. The summed E-state index contributed by atoms with van der Waals surface area (Å²) in [5.74, 6) is -0.870. The first-order valence-electron chi connectivity index (χ1n) is 18.0. The smallest absolute Gasteiger partial charge is 0.328 e. The van der Waals surface area contributed by atoms with E-state index >= 15 is 4.39 Å². The molecule has 6 rings (SSSR count). The van der Waals surface area contributed by atoms with E-state index in [0.717, 1.165) is 52.1 Å². The number of piperazine rings is 1. The standard InChI is InChI=1S/C40H49FN8O4/c1-26-33(23-48(44-26)24-36(50)53-40(3,4)5)28-9-11-29(12-10-28)35-22-42-37(45(35)6)38(51)43-31-13-14-32(34(41)21-31)27(2)46-16-18-47(19-17-46)39(52)30-15-20-49(7,8)25-30/h9-14,21-23,30H,2,15-20,24-25H2,1,3-8H3/p+1. The van der Waals surface area contributed by atoms with Crippen molar-refractivity contribution < 1.29 is 28.0 Å². The molecule has 0 aliphatic carbocycles. The maximum Gasteiger partial charge on any atom is 0.328 e. The third kappa shape index (κ3) is 8.51. The molecule has 2 fully saturated rings. The number of likely N-dealkylation sites (tertiary alicyclic amines) is 1. The minimum absolute atomic E-state index is 0.0165. The number of anilines is 1. The number of benzene rings is 2. The van der Waals surface area contributed by atoms with Crippen LogP contribution in [0, 0.1) is 18.7 Å². The number of ether oxygens (including phenoxy) is 1. The molecule has 1 unspecified atom stereocenters. The fraction of sp³-hybridized carbons (Fsp3) is 0.425. The Hall–Kier alpha value is -5.30. The molecule has 2 amide bonds. The lowest BCUT2D eigenvalue weighted by molar-refractivity contribution is -0.878. The lowest BCUT2D eigenvalue weighted by Crippen LogP contribution is -2.50. The fourth-order valence-corrected chi connectivity index (χ4v) is 7.22. The number of aromatic nitrogens is 4. The van der Waals surface area contributed by atoms with Crippen molar-refractivity contribution >= 4 is 29.2 Å². The molecule has 0 saturated carbocycles. The molecule has 13 heteroatoms. The van der Waals surface area contributed by atoms with Crippen LogP contribution in [0.15, 0.2) is 61.4 Å². The number of carbonyl (C=O) groups is 3. The van der Waals surface area contributed by atoms with Gasteiger partial charge in [0.2, 0.25) is 5.91 Å². The van der Waals surface area contributed by atoms with Gasteiger partial charge in [0.15, 0.2) is 5.82 Å². The number of aryl methyl sites for hydroxylation is 1. The number of hydrogen-bond acceptors (Lipinski definition) is 7.